The molecule has 8 nitrogen and oxygen atoms in total. The number of amides is 1. The largest absolute Gasteiger partial charge is 0.379 e. The smallest absolute Gasteiger partial charge is 0.256 e. The summed E-state index contributed by atoms with van der Waals surface area (Å²) in [5.74, 6) is -1.52. The lowest BCUT2D eigenvalue weighted by molar-refractivity contribution is 0.0729. The highest BCUT2D eigenvalue weighted by Crippen LogP contribution is 2.25. The Morgan fingerprint density at radius 1 is 1.10 bits per heavy atom. The molecule has 0 unspecified atom stereocenters. The highest BCUT2D eigenvalue weighted by molar-refractivity contribution is 7.89. The van der Waals surface area contributed by atoms with Crippen molar-refractivity contribution in [3.8, 4) is 0 Å². The van der Waals surface area contributed by atoms with E-state index < -0.39 is 26.6 Å². The molecule has 1 aliphatic rings. The number of carbonyl (C=O) groups is 1. The molecule has 1 aliphatic heterocycles. The molecule has 1 fully saturated rings. The summed E-state index contributed by atoms with van der Waals surface area (Å²) in [5, 5.41) is 3.14. The molecule has 1 saturated heterocycles. The zero-order valence-electron chi connectivity index (χ0n) is 16.7. The van der Waals surface area contributed by atoms with E-state index in [1.807, 2.05) is 0 Å². The van der Waals surface area contributed by atoms with Gasteiger partial charge in [-0.05, 0) is 24.3 Å². The van der Waals surface area contributed by atoms with Crippen LogP contribution >= 0.6 is 0 Å². The maximum Gasteiger partial charge on any atom is 0.256 e. The number of nitrogens with one attached hydrogen (secondary N) is 1. The topological polar surface area (TPSA) is 97.7 Å². The van der Waals surface area contributed by atoms with Crippen molar-refractivity contribution in [3.05, 3.63) is 70.3 Å². The number of fused-ring (bicyclic) bond motifs is 1. The van der Waals surface area contributed by atoms with Gasteiger partial charge in [-0.1, -0.05) is 18.2 Å². The van der Waals surface area contributed by atoms with Gasteiger partial charge in [0.05, 0.1) is 24.3 Å². The van der Waals surface area contributed by atoms with Gasteiger partial charge < -0.3 is 14.6 Å². The summed E-state index contributed by atoms with van der Waals surface area (Å²) in [5.41, 5.74) is 0.456. The lowest BCUT2D eigenvalue weighted by Crippen LogP contribution is -2.40. The van der Waals surface area contributed by atoms with Crippen molar-refractivity contribution in [2.75, 3.05) is 31.6 Å². The van der Waals surface area contributed by atoms with Crippen LogP contribution < -0.4 is 10.9 Å². The number of benzene rings is 2. The molecule has 4 rings (SSSR count). The van der Waals surface area contributed by atoms with Gasteiger partial charge in [-0.2, -0.15) is 4.31 Å². The number of aryl methyl sites for hydroxylation is 1. The minimum absolute atomic E-state index is 0.1000. The number of pyridine rings is 1. The van der Waals surface area contributed by atoms with Crippen LogP contribution in [0.25, 0.3) is 10.9 Å². The van der Waals surface area contributed by atoms with Crippen molar-refractivity contribution >= 4 is 32.5 Å². The average Bonchev–Trinajstić information content (AvgIpc) is 2.78. The number of anilines is 1. The van der Waals surface area contributed by atoms with Crippen molar-refractivity contribution in [1.29, 1.82) is 0 Å². The van der Waals surface area contributed by atoms with Crippen molar-refractivity contribution in [2.45, 2.75) is 4.90 Å². The van der Waals surface area contributed by atoms with Gasteiger partial charge in [0.25, 0.3) is 11.5 Å². The Kier molecular flexibility index (Phi) is 5.61. The van der Waals surface area contributed by atoms with Crippen molar-refractivity contribution < 1.29 is 22.3 Å². The lowest BCUT2D eigenvalue weighted by atomic mass is 10.1. The third kappa shape index (κ3) is 3.97. The van der Waals surface area contributed by atoms with Crippen molar-refractivity contribution in [2.24, 2.45) is 7.05 Å². The van der Waals surface area contributed by atoms with Gasteiger partial charge >= 0.3 is 0 Å². The number of carbonyl (C=O) groups excluding carboxylic acids is 1. The molecule has 31 heavy (non-hydrogen) atoms. The monoisotopic (exact) mass is 445 g/mol. The van der Waals surface area contributed by atoms with E-state index in [9.17, 15) is 22.4 Å². The molecular formula is C21H20FN3O5S. The van der Waals surface area contributed by atoms with Crippen LogP contribution in [0.5, 0.6) is 0 Å². The highest BCUT2D eigenvalue weighted by Gasteiger charge is 2.29. The molecule has 1 amide bonds. The van der Waals surface area contributed by atoms with Crippen LogP contribution in [0.15, 0.2) is 58.2 Å². The first-order chi connectivity index (χ1) is 14.8. The summed E-state index contributed by atoms with van der Waals surface area (Å²) in [4.78, 5) is 24.6. The molecule has 10 heteroatoms. The van der Waals surface area contributed by atoms with Gasteiger partial charge in [0, 0.05) is 37.3 Å². The molecule has 0 aliphatic carbocycles. The summed E-state index contributed by atoms with van der Waals surface area (Å²) < 4.78 is 47.8. The molecule has 0 saturated carbocycles. The van der Waals surface area contributed by atoms with E-state index in [1.54, 1.807) is 31.3 Å². The maximum atomic E-state index is 14.4. The second-order valence-corrected chi connectivity index (χ2v) is 8.99. The standard InChI is InChI=1S/C21H20FN3O5S/c1-24-18-5-3-2-4-15(18)16(13-20(24)26)21(27)23-14-6-7-17(22)19(12-14)31(28,29)25-8-10-30-11-9-25/h2-7,12-13H,8-11H2,1H3,(H,23,27). The molecule has 0 radical (unpaired) electrons. The number of halogens is 1. The molecule has 0 bridgehead atoms. The van der Waals surface area contributed by atoms with E-state index in [-0.39, 0.29) is 43.1 Å². The molecular weight excluding hydrogens is 425 g/mol. The van der Waals surface area contributed by atoms with Crippen LogP contribution in [0.4, 0.5) is 10.1 Å². The van der Waals surface area contributed by atoms with Crippen LogP contribution in [0.3, 0.4) is 0 Å². The minimum atomic E-state index is -4.09. The van der Waals surface area contributed by atoms with Crippen molar-refractivity contribution in [1.82, 2.24) is 8.87 Å². The Hall–Kier alpha value is -3.08. The Bertz CT molecular complexity index is 1330. The summed E-state index contributed by atoms with van der Waals surface area (Å²) in [6.45, 7) is 0.704. The Morgan fingerprint density at radius 3 is 2.55 bits per heavy atom. The van der Waals surface area contributed by atoms with Gasteiger partial charge in [-0.3, -0.25) is 9.59 Å². The molecule has 2 aromatic carbocycles. The molecule has 1 N–H and O–H groups in total. The first-order valence-electron chi connectivity index (χ1n) is 9.56. The van der Waals surface area contributed by atoms with Crippen LogP contribution in [0, 0.1) is 5.82 Å². The molecule has 0 spiro atoms. The fourth-order valence-corrected chi connectivity index (χ4v) is 5.00. The predicted octanol–water partition coefficient (Wildman–Crippen LogP) is 1.95. The third-order valence-electron chi connectivity index (χ3n) is 5.18. The van der Waals surface area contributed by atoms with Gasteiger partial charge in [0.1, 0.15) is 10.7 Å². The number of sulfonamides is 1. The molecule has 1 aromatic heterocycles. The van der Waals surface area contributed by atoms with E-state index in [0.717, 1.165) is 16.4 Å². The molecule has 2 heterocycles. The Balaban J connectivity index is 1.69. The lowest BCUT2D eigenvalue weighted by Gasteiger charge is -2.26. The number of morpholine rings is 1. The summed E-state index contributed by atoms with van der Waals surface area (Å²) in [6, 6.07) is 11.5. The van der Waals surface area contributed by atoms with Gasteiger partial charge in [-0.15, -0.1) is 0 Å². The van der Waals surface area contributed by atoms with E-state index >= 15 is 0 Å². The maximum absolute atomic E-state index is 14.4. The van der Waals surface area contributed by atoms with Crippen LogP contribution in [0.2, 0.25) is 0 Å². The summed E-state index contributed by atoms with van der Waals surface area (Å²) >= 11 is 0. The zero-order valence-corrected chi connectivity index (χ0v) is 17.5. The molecule has 162 valence electrons. The van der Waals surface area contributed by atoms with E-state index in [0.29, 0.717) is 10.9 Å². The summed E-state index contributed by atoms with van der Waals surface area (Å²) in [7, 11) is -2.48. The number of para-hydroxylation sites is 1. The van der Waals surface area contributed by atoms with E-state index in [2.05, 4.69) is 5.32 Å². The number of hydrogen-bond acceptors (Lipinski definition) is 5. The fraction of sp³-hybridized carbons (Fsp3) is 0.238. The quantitative estimate of drug-likeness (QED) is 0.662. The Labute approximate surface area is 177 Å². The van der Waals surface area contributed by atoms with Gasteiger partial charge in [-0.25, -0.2) is 12.8 Å². The normalized spacial score (nSPS) is 15.2. The van der Waals surface area contributed by atoms with Crippen LogP contribution in [-0.2, 0) is 21.8 Å². The highest BCUT2D eigenvalue weighted by atomic mass is 32.2. The van der Waals surface area contributed by atoms with Crippen molar-refractivity contribution in [3.63, 3.8) is 0 Å². The van der Waals surface area contributed by atoms with Gasteiger partial charge in [0.2, 0.25) is 10.0 Å². The van der Waals surface area contributed by atoms with Crippen LogP contribution in [0.1, 0.15) is 10.4 Å². The number of hydrogen-bond donors (Lipinski definition) is 1. The number of aromatic nitrogens is 1. The predicted molar refractivity (Wildman–Crippen MR) is 113 cm³/mol. The van der Waals surface area contributed by atoms with Gasteiger partial charge in [0.15, 0.2) is 0 Å². The summed E-state index contributed by atoms with van der Waals surface area (Å²) in [6.07, 6.45) is 0. The van der Waals surface area contributed by atoms with E-state index in [1.165, 1.54) is 16.7 Å². The second kappa shape index (κ2) is 8.22. The second-order valence-electron chi connectivity index (χ2n) is 7.09. The first kappa shape index (κ1) is 21.2. The molecule has 3 aromatic rings. The number of rotatable bonds is 4. The Morgan fingerprint density at radius 2 is 1.81 bits per heavy atom. The number of ether oxygens (including phenoxy) is 1. The minimum Gasteiger partial charge on any atom is -0.379 e. The van der Waals surface area contributed by atoms with Crippen LogP contribution in [-0.4, -0.2) is 49.5 Å². The molecule has 0 atom stereocenters. The average molecular weight is 445 g/mol. The first-order valence-corrected chi connectivity index (χ1v) is 11.0. The third-order valence-corrected chi connectivity index (χ3v) is 7.09. The number of nitrogens with zero attached hydrogens (tertiary/aromatic N) is 2. The SMILES string of the molecule is Cn1c(=O)cc(C(=O)Nc2ccc(F)c(S(=O)(=O)N3CCOCC3)c2)c2ccccc21. The van der Waals surface area contributed by atoms with E-state index in [4.69, 9.17) is 4.74 Å². The zero-order chi connectivity index (χ0) is 22.2. The fourth-order valence-electron chi connectivity index (χ4n) is 3.50.